The molecule has 1 aliphatic rings. The van der Waals surface area contributed by atoms with Gasteiger partial charge >= 0.3 is 0 Å². The predicted molar refractivity (Wildman–Crippen MR) is 91.7 cm³/mol. The molecule has 0 spiro atoms. The maximum Gasteiger partial charge on any atom is 0.243 e. The van der Waals surface area contributed by atoms with Crippen LogP contribution < -0.4 is 0 Å². The Morgan fingerprint density at radius 1 is 1.08 bits per heavy atom. The van der Waals surface area contributed by atoms with Crippen LogP contribution in [-0.4, -0.2) is 44.3 Å². The number of likely N-dealkylation sites (N-methyl/N-ethyl adjacent to an activating group) is 1. The lowest BCUT2D eigenvalue weighted by molar-refractivity contribution is 0.148. The van der Waals surface area contributed by atoms with Crippen LogP contribution in [0, 0.1) is 11.3 Å². The van der Waals surface area contributed by atoms with Gasteiger partial charge in [-0.3, -0.25) is 4.90 Å². The van der Waals surface area contributed by atoms with Gasteiger partial charge in [-0.25, -0.2) is 8.42 Å². The van der Waals surface area contributed by atoms with Crippen molar-refractivity contribution in [3.8, 4) is 6.07 Å². The number of sulfonamides is 1. The summed E-state index contributed by atoms with van der Waals surface area (Å²) in [5.41, 5.74) is 1.45. The van der Waals surface area contributed by atoms with E-state index in [1.165, 1.54) is 10.4 Å². The second-order valence-electron chi connectivity index (χ2n) is 5.91. The fraction of sp³-hybridized carbons (Fsp3) is 0.278. The topological polar surface area (TPSA) is 64.4 Å². The van der Waals surface area contributed by atoms with Gasteiger partial charge < -0.3 is 0 Å². The molecule has 3 rings (SSSR count). The van der Waals surface area contributed by atoms with E-state index < -0.39 is 10.0 Å². The first-order valence-corrected chi connectivity index (χ1v) is 9.22. The summed E-state index contributed by atoms with van der Waals surface area (Å²) in [5, 5.41) is 9.00. The Balaban J connectivity index is 1.90. The van der Waals surface area contributed by atoms with Crippen molar-refractivity contribution in [2.75, 3.05) is 26.7 Å². The van der Waals surface area contributed by atoms with Gasteiger partial charge in [0, 0.05) is 25.7 Å². The maximum absolute atomic E-state index is 12.9. The van der Waals surface area contributed by atoms with Gasteiger partial charge in [0.1, 0.15) is 0 Å². The van der Waals surface area contributed by atoms with Gasteiger partial charge in [0.2, 0.25) is 10.0 Å². The predicted octanol–water partition coefficient (Wildman–Crippen LogP) is 2.24. The van der Waals surface area contributed by atoms with E-state index in [0.717, 1.165) is 5.56 Å². The molecule has 0 bridgehead atoms. The minimum atomic E-state index is -3.60. The third-order valence-electron chi connectivity index (χ3n) is 4.40. The van der Waals surface area contributed by atoms with E-state index in [-0.39, 0.29) is 10.9 Å². The SMILES string of the molecule is CN1CCN(S(=O)(=O)c2cccc(C#N)c2)CC1c1ccccc1. The van der Waals surface area contributed by atoms with Gasteiger partial charge in [0.15, 0.2) is 0 Å². The van der Waals surface area contributed by atoms with Gasteiger partial charge in [-0.05, 0) is 30.8 Å². The highest BCUT2D eigenvalue weighted by molar-refractivity contribution is 7.89. The summed E-state index contributed by atoms with van der Waals surface area (Å²) in [4.78, 5) is 2.35. The van der Waals surface area contributed by atoms with E-state index in [0.29, 0.717) is 25.2 Å². The number of hydrogen-bond donors (Lipinski definition) is 0. The number of benzene rings is 2. The molecule has 1 heterocycles. The van der Waals surface area contributed by atoms with E-state index in [9.17, 15) is 8.42 Å². The lowest BCUT2D eigenvalue weighted by Crippen LogP contribution is -2.48. The molecule has 1 saturated heterocycles. The van der Waals surface area contributed by atoms with Crippen LogP contribution in [0.5, 0.6) is 0 Å². The third-order valence-corrected chi connectivity index (χ3v) is 6.26. The van der Waals surface area contributed by atoms with Crippen LogP contribution in [0.2, 0.25) is 0 Å². The molecule has 24 heavy (non-hydrogen) atoms. The monoisotopic (exact) mass is 341 g/mol. The van der Waals surface area contributed by atoms with Gasteiger partial charge in [-0.1, -0.05) is 36.4 Å². The average molecular weight is 341 g/mol. The molecule has 6 heteroatoms. The van der Waals surface area contributed by atoms with Gasteiger partial charge in [-0.15, -0.1) is 0 Å². The summed E-state index contributed by atoms with van der Waals surface area (Å²) < 4.78 is 27.4. The first-order valence-electron chi connectivity index (χ1n) is 7.78. The van der Waals surface area contributed by atoms with Crippen molar-refractivity contribution < 1.29 is 8.42 Å². The minimum Gasteiger partial charge on any atom is -0.297 e. The summed E-state index contributed by atoms with van der Waals surface area (Å²) >= 11 is 0. The molecule has 1 atom stereocenters. The van der Waals surface area contributed by atoms with Gasteiger partial charge in [0.05, 0.1) is 16.5 Å². The Kier molecular flexibility index (Phi) is 4.67. The van der Waals surface area contributed by atoms with Crippen molar-refractivity contribution in [3.63, 3.8) is 0 Å². The van der Waals surface area contributed by atoms with Crippen molar-refractivity contribution in [3.05, 3.63) is 65.7 Å². The number of rotatable bonds is 3. The molecule has 0 aliphatic carbocycles. The molecular weight excluding hydrogens is 322 g/mol. The van der Waals surface area contributed by atoms with Crippen LogP contribution in [0.1, 0.15) is 17.2 Å². The van der Waals surface area contributed by atoms with E-state index >= 15 is 0 Å². The zero-order valence-electron chi connectivity index (χ0n) is 13.5. The second kappa shape index (κ2) is 6.73. The van der Waals surface area contributed by atoms with Gasteiger partial charge in [0.25, 0.3) is 0 Å². The molecule has 0 amide bonds. The molecule has 1 aliphatic heterocycles. The highest BCUT2D eigenvalue weighted by Gasteiger charge is 2.33. The minimum absolute atomic E-state index is 0.0221. The van der Waals surface area contributed by atoms with Crippen molar-refractivity contribution in [1.29, 1.82) is 5.26 Å². The third kappa shape index (κ3) is 3.20. The van der Waals surface area contributed by atoms with Crippen molar-refractivity contribution in [2.45, 2.75) is 10.9 Å². The molecule has 0 radical (unpaired) electrons. The average Bonchev–Trinajstić information content (AvgIpc) is 2.62. The van der Waals surface area contributed by atoms with Crippen molar-refractivity contribution in [1.82, 2.24) is 9.21 Å². The summed E-state index contributed by atoms with van der Waals surface area (Å²) in [6.07, 6.45) is 0. The molecule has 5 nitrogen and oxygen atoms in total. The molecule has 1 unspecified atom stereocenters. The van der Waals surface area contributed by atoms with Crippen LogP contribution in [0.15, 0.2) is 59.5 Å². The Bertz CT molecular complexity index is 859. The number of hydrogen-bond acceptors (Lipinski definition) is 4. The molecular formula is C18H19N3O2S. The fourth-order valence-corrected chi connectivity index (χ4v) is 4.46. The molecule has 0 saturated carbocycles. The van der Waals surface area contributed by atoms with E-state index in [4.69, 9.17) is 5.26 Å². The van der Waals surface area contributed by atoms with Crippen molar-refractivity contribution >= 4 is 10.0 Å². The van der Waals surface area contributed by atoms with E-state index in [1.807, 2.05) is 43.4 Å². The van der Waals surface area contributed by atoms with Gasteiger partial charge in [-0.2, -0.15) is 9.57 Å². The molecule has 0 N–H and O–H groups in total. The van der Waals surface area contributed by atoms with Crippen LogP contribution >= 0.6 is 0 Å². The quantitative estimate of drug-likeness (QED) is 0.859. The summed E-state index contributed by atoms with van der Waals surface area (Å²) in [7, 11) is -1.59. The number of nitriles is 1. The highest BCUT2D eigenvalue weighted by Crippen LogP contribution is 2.27. The Hall–Kier alpha value is -2.20. The zero-order chi connectivity index (χ0) is 17.2. The normalized spacial score (nSPS) is 19.8. The lowest BCUT2D eigenvalue weighted by Gasteiger charge is -2.39. The summed E-state index contributed by atoms with van der Waals surface area (Å²) in [6, 6.07) is 18.1. The smallest absolute Gasteiger partial charge is 0.243 e. The second-order valence-corrected chi connectivity index (χ2v) is 7.85. The first kappa shape index (κ1) is 16.7. The standard InChI is InChI=1S/C18H19N3O2S/c1-20-10-11-21(14-18(20)16-7-3-2-4-8-16)24(22,23)17-9-5-6-15(12-17)13-19/h2-9,12,18H,10-11,14H2,1H3. The molecule has 2 aromatic carbocycles. The Morgan fingerprint density at radius 2 is 1.83 bits per heavy atom. The summed E-state index contributed by atoms with van der Waals surface area (Å²) in [5.74, 6) is 0. The largest absolute Gasteiger partial charge is 0.297 e. The van der Waals surface area contributed by atoms with E-state index in [1.54, 1.807) is 18.2 Å². The summed E-state index contributed by atoms with van der Waals surface area (Å²) in [6.45, 7) is 1.51. The van der Waals surface area contributed by atoms with Crippen LogP contribution in [0.25, 0.3) is 0 Å². The number of piperazine rings is 1. The molecule has 2 aromatic rings. The lowest BCUT2D eigenvalue weighted by atomic mass is 10.0. The Morgan fingerprint density at radius 3 is 2.54 bits per heavy atom. The maximum atomic E-state index is 12.9. The first-order chi connectivity index (χ1) is 11.5. The highest BCUT2D eigenvalue weighted by atomic mass is 32.2. The zero-order valence-corrected chi connectivity index (χ0v) is 14.3. The molecule has 124 valence electrons. The fourth-order valence-electron chi connectivity index (χ4n) is 2.98. The van der Waals surface area contributed by atoms with Crippen LogP contribution in [0.4, 0.5) is 0 Å². The molecule has 1 fully saturated rings. The molecule has 0 aromatic heterocycles. The van der Waals surface area contributed by atoms with Crippen molar-refractivity contribution in [2.24, 2.45) is 0 Å². The Labute approximate surface area is 142 Å². The number of nitrogens with zero attached hydrogens (tertiary/aromatic N) is 3. The van der Waals surface area contributed by atoms with Crippen LogP contribution in [0.3, 0.4) is 0 Å². The van der Waals surface area contributed by atoms with E-state index in [2.05, 4.69) is 4.90 Å². The van der Waals surface area contributed by atoms with Crippen LogP contribution in [-0.2, 0) is 10.0 Å².